The van der Waals surface area contributed by atoms with Crippen LogP contribution in [-0.4, -0.2) is 28.2 Å². The van der Waals surface area contributed by atoms with E-state index in [0.29, 0.717) is 30.2 Å². The third kappa shape index (κ3) is 3.77. The predicted octanol–water partition coefficient (Wildman–Crippen LogP) is 3.84. The molecule has 0 bridgehead atoms. The van der Waals surface area contributed by atoms with E-state index in [1.807, 2.05) is 25.1 Å². The largest absolute Gasteiger partial charge is 0.296 e. The lowest BCUT2D eigenvalue weighted by Crippen LogP contribution is -2.39. The number of aryl methyl sites for hydroxylation is 1. The van der Waals surface area contributed by atoms with Gasteiger partial charge in [-0.1, -0.05) is 18.6 Å². The lowest BCUT2D eigenvalue weighted by molar-refractivity contribution is -0.128. The summed E-state index contributed by atoms with van der Waals surface area (Å²) in [4.78, 5) is 36.4. The van der Waals surface area contributed by atoms with Gasteiger partial charge in [0.15, 0.2) is 5.78 Å². The van der Waals surface area contributed by atoms with Crippen LogP contribution in [0.15, 0.2) is 36.4 Å². The number of Topliss-reactive ketones (excluding diaryl/α,β-unsaturated/α-hetero) is 1. The zero-order chi connectivity index (χ0) is 20.4. The Morgan fingerprint density at radius 3 is 2.86 bits per heavy atom. The van der Waals surface area contributed by atoms with E-state index in [9.17, 15) is 9.59 Å². The van der Waals surface area contributed by atoms with Gasteiger partial charge in [-0.3, -0.25) is 19.5 Å². The van der Waals surface area contributed by atoms with Crippen molar-refractivity contribution in [1.82, 2.24) is 9.97 Å². The molecule has 148 valence electrons. The van der Waals surface area contributed by atoms with Gasteiger partial charge in [0.05, 0.1) is 5.41 Å². The van der Waals surface area contributed by atoms with Crippen LogP contribution in [0.3, 0.4) is 0 Å². The topological polar surface area (TPSA) is 87.0 Å². The second-order valence-electron chi connectivity index (χ2n) is 8.23. The lowest BCUT2D eigenvalue weighted by Gasteiger charge is -2.36. The minimum absolute atomic E-state index is 0.0569. The van der Waals surface area contributed by atoms with Gasteiger partial charge in [-0.2, -0.15) is 5.26 Å². The quantitative estimate of drug-likeness (QED) is 0.743. The Balaban J connectivity index is 1.48. The Kier molecular flexibility index (Phi) is 5.14. The number of nitrogens with zero attached hydrogens (tertiary/aromatic N) is 4. The fraction of sp³-hybridized carbons (Fsp3) is 0.435. The van der Waals surface area contributed by atoms with Crippen molar-refractivity contribution >= 4 is 17.5 Å². The van der Waals surface area contributed by atoms with Crippen LogP contribution in [0, 0.1) is 29.6 Å². The molecule has 0 N–H and O–H groups in total. The number of hydrogen-bond donors (Lipinski definition) is 0. The molecule has 1 aliphatic heterocycles. The second-order valence-corrected chi connectivity index (χ2v) is 8.23. The van der Waals surface area contributed by atoms with Crippen molar-refractivity contribution in [3.63, 3.8) is 0 Å². The van der Waals surface area contributed by atoms with Crippen molar-refractivity contribution in [2.45, 2.75) is 45.4 Å². The molecule has 1 spiro atoms. The average Bonchev–Trinajstić information content (AvgIpc) is 3.03. The molecule has 0 aromatic carbocycles. The maximum Gasteiger partial charge on any atom is 0.234 e. The number of amides is 1. The van der Waals surface area contributed by atoms with Gasteiger partial charge in [0, 0.05) is 18.7 Å². The van der Waals surface area contributed by atoms with Gasteiger partial charge in [-0.25, -0.2) is 4.98 Å². The molecule has 4 rings (SSSR count). The van der Waals surface area contributed by atoms with Gasteiger partial charge < -0.3 is 0 Å². The number of rotatable bonds is 4. The first-order valence-electron chi connectivity index (χ1n) is 10.2. The molecule has 0 unspecified atom stereocenters. The molecule has 2 atom stereocenters. The van der Waals surface area contributed by atoms with Crippen LogP contribution in [0.4, 0.5) is 5.82 Å². The molecule has 0 radical (unpaired) electrons. The Morgan fingerprint density at radius 1 is 1.24 bits per heavy atom. The predicted molar refractivity (Wildman–Crippen MR) is 108 cm³/mol. The molecule has 3 heterocycles. The summed E-state index contributed by atoms with van der Waals surface area (Å²) in [7, 11) is 0. The van der Waals surface area contributed by atoms with Crippen LogP contribution in [0.1, 0.15) is 60.4 Å². The fourth-order valence-corrected chi connectivity index (χ4v) is 4.82. The molecule has 1 amide bonds. The fourth-order valence-electron chi connectivity index (χ4n) is 4.82. The number of aromatic nitrogens is 2. The van der Waals surface area contributed by atoms with Crippen LogP contribution >= 0.6 is 0 Å². The minimum atomic E-state index is -0.409. The van der Waals surface area contributed by atoms with E-state index in [4.69, 9.17) is 5.26 Å². The second kappa shape index (κ2) is 7.75. The van der Waals surface area contributed by atoms with Gasteiger partial charge >= 0.3 is 0 Å². The van der Waals surface area contributed by atoms with Crippen LogP contribution in [0.25, 0.3) is 0 Å². The maximum atomic E-state index is 13.3. The molecule has 1 saturated heterocycles. The van der Waals surface area contributed by atoms with E-state index < -0.39 is 5.41 Å². The van der Waals surface area contributed by atoms with E-state index in [0.717, 1.165) is 37.8 Å². The zero-order valence-electron chi connectivity index (χ0n) is 16.6. The molecule has 1 saturated carbocycles. The number of carbonyl (C=O) groups excluding carboxylic acids is 2. The summed E-state index contributed by atoms with van der Waals surface area (Å²) in [6, 6.07) is 12.7. The Bertz CT molecular complexity index is 996. The van der Waals surface area contributed by atoms with Crippen molar-refractivity contribution < 1.29 is 9.59 Å². The number of anilines is 1. The van der Waals surface area contributed by atoms with E-state index in [1.165, 1.54) is 0 Å². The van der Waals surface area contributed by atoms with E-state index in [1.54, 1.807) is 29.2 Å². The summed E-state index contributed by atoms with van der Waals surface area (Å²) in [5.41, 5.74) is 1.26. The van der Waals surface area contributed by atoms with Gasteiger partial charge in [0.2, 0.25) is 5.91 Å². The molecule has 2 aliphatic rings. The first-order valence-corrected chi connectivity index (χ1v) is 10.2. The Morgan fingerprint density at radius 2 is 2.07 bits per heavy atom. The van der Waals surface area contributed by atoms with E-state index >= 15 is 0 Å². The highest BCUT2D eigenvalue weighted by Crippen LogP contribution is 2.48. The molecule has 1 aliphatic carbocycles. The normalized spacial score (nSPS) is 23.9. The number of pyridine rings is 2. The molecular weight excluding hydrogens is 364 g/mol. The summed E-state index contributed by atoms with van der Waals surface area (Å²) in [5, 5.41) is 9.09. The third-order valence-electron chi connectivity index (χ3n) is 6.23. The highest BCUT2D eigenvalue weighted by atomic mass is 16.2. The summed E-state index contributed by atoms with van der Waals surface area (Å²) in [6.07, 6.45) is 4.72. The zero-order valence-corrected chi connectivity index (χ0v) is 16.6. The standard InChI is InChI=1S/C23H24N4O2/c1-16-5-2-8-19(25-16)20(28)13-17-6-4-10-23(14-17)11-12-27(22(23)29)21-9-3-7-18(15-24)26-21/h2-3,5,7-9,17H,4,6,10-14H2,1H3/t17-,23+/m1/s1. The van der Waals surface area contributed by atoms with Crippen LogP contribution in [0.2, 0.25) is 0 Å². The van der Waals surface area contributed by atoms with Gasteiger partial charge in [-0.15, -0.1) is 0 Å². The highest BCUT2D eigenvalue weighted by Gasteiger charge is 2.49. The van der Waals surface area contributed by atoms with Crippen molar-refractivity contribution in [3.05, 3.63) is 53.5 Å². The van der Waals surface area contributed by atoms with Gasteiger partial charge in [0.1, 0.15) is 23.3 Å². The molecule has 6 nitrogen and oxygen atoms in total. The average molecular weight is 388 g/mol. The molecular formula is C23H24N4O2. The first-order chi connectivity index (χ1) is 14.0. The van der Waals surface area contributed by atoms with Crippen molar-refractivity contribution in [3.8, 4) is 6.07 Å². The van der Waals surface area contributed by atoms with Crippen molar-refractivity contribution in [2.75, 3.05) is 11.4 Å². The van der Waals surface area contributed by atoms with E-state index in [-0.39, 0.29) is 17.6 Å². The van der Waals surface area contributed by atoms with Crippen molar-refractivity contribution in [1.29, 1.82) is 5.26 Å². The van der Waals surface area contributed by atoms with Crippen LogP contribution in [-0.2, 0) is 4.79 Å². The summed E-state index contributed by atoms with van der Waals surface area (Å²) in [6.45, 7) is 2.49. The van der Waals surface area contributed by atoms with E-state index in [2.05, 4.69) is 9.97 Å². The molecule has 2 aromatic heterocycles. The van der Waals surface area contributed by atoms with Gasteiger partial charge in [-0.05, 0) is 62.8 Å². The first kappa shape index (κ1) is 19.3. The molecule has 29 heavy (non-hydrogen) atoms. The summed E-state index contributed by atoms with van der Waals surface area (Å²) >= 11 is 0. The van der Waals surface area contributed by atoms with Crippen LogP contribution in [0.5, 0.6) is 0 Å². The number of hydrogen-bond acceptors (Lipinski definition) is 5. The molecule has 2 fully saturated rings. The smallest absolute Gasteiger partial charge is 0.234 e. The maximum absolute atomic E-state index is 13.3. The highest BCUT2D eigenvalue weighted by molar-refractivity contribution is 5.99. The third-order valence-corrected chi connectivity index (χ3v) is 6.23. The monoisotopic (exact) mass is 388 g/mol. The lowest BCUT2D eigenvalue weighted by atomic mass is 9.67. The SMILES string of the molecule is Cc1cccc(C(=O)C[C@H]2CCC[C@]3(CCN(c4cccc(C#N)n4)C3=O)C2)n1. The van der Waals surface area contributed by atoms with Gasteiger partial charge in [0.25, 0.3) is 0 Å². The number of ketones is 1. The minimum Gasteiger partial charge on any atom is -0.296 e. The summed E-state index contributed by atoms with van der Waals surface area (Å²) < 4.78 is 0. The Hall–Kier alpha value is -3.07. The molecule has 6 heteroatoms. The summed E-state index contributed by atoms with van der Waals surface area (Å²) in [5.74, 6) is 0.890. The molecule has 2 aromatic rings. The van der Waals surface area contributed by atoms with Crippen molar-refractivity contribution in [2.24, 2.45) is 11.3 Å². The number of carbonyl (C=O) groups is 2. The van der Waals surface area contributed by atoms with Crippen LogP contribution < -0.4 is 4.90 Å². The Labute approximate surface area is 170 Å². The number of nitriles is 1.